The molecule has 2 aromatic rings. The molecule has 2 N–H and O–H groups in total. The predicted molar refractivity (Wildman–Crippen MR) is 85.2 cm³/mol. The van der Waals surface area contributed by atoms with Gasteiger partial charge in [0.1, 0.15) is 22.6 Å². The largest absolute Gasteiger partial charge is 0.480 e. The zero-order valence-electron chi connectivity index (χ0n) is 13.0. The minimum atomic E-state index is -1.05. The lowest BCUT2D eigenvalue weighted by Crippen LogP contribution is -2.27. The Labute approximate surface area is 140 Å². The van der Waals surface area contributed by atoms with E-state index in [9.17, 15) is 9.59 Å². The van der Waals surface area contributed by atoms with Crippen LogP contribution in [0.25, 0.3) is 11.0 Å². The maximum absolute atomic E-state index is 11.9. The molecule has 0 aliphatic rings. The summed E-state index contributed by atoms with van der Waals surface area (Å²) in [5.41, 5.74) is -0.372. The highest BCUT2D eigenvalue weighted by Gasteiger charge is 2.24. The number of aliphatic carboxylic acids is 1. The van der Waals surface area contributed by atoms with Gasteiger partial charge in [0.2, 0.25) is 0 Å². The zero-order chi connectivity index (χ0) is 17.4. The Morgan fingerprint density at radius 2 is 2.04 bits per heavy atom. The van der Waals surface area contributed by atoms with E-state index in [1.165, 1.54) is 17.9 Å². The molecule has 0 aliphatic heterocycles. The minimum absolute atomic E-state index is 0.181. The van der Waals surface area contributed by atoms with Crippen LogP contribution >= 0.6 is 15.9 Å². The van der Waals surface area contributed by atoms with Crippen LogP contribution in [0.3, 0.4) is 0 Å². The van der Waals surface area contributed by atoms with Gasteiger partial charge in [-0.1, -0.05) is 0 Å². The van der Waals surface area contributed by atoms with Gasteiger partial charge in [-0.05, 0) is 43.6 Å². The van der Waals surface area contributed by atoms with Gasteiger partial charge < -0.3 is 9.84 Å². The van der Waals surface area contributed by atoms with E-state index in [1.54, 1.807) is 20.8 Å². The van der Waals surface area contributed by atoms with Crippen LogP contribution in [0.15, 0.2) is 10.9 Å². The number of halogens is 1. The maximum Gasteiger partial charge on any atom is 0.413 e. The Balaban J connectivity index is 2.43. The minimum Gasteiger partial charge on any atom is -0.480 e. The van der Waals surface area contributed by atoms with Gasteiger partial charge in [-0.25, -0.2) is 24.2 Å². The molecule has 0 aliphatic carbocycles. The van der Waals surface area contributed by atoms with Gasteiger partial charge in [-0.2, -0.15) is 5.10 Å². The van der Waals surface area contributed by atoms with Gasteiger partial charge in [0.15, 0.2) is 11.5 Å². The number of carbonyl (C=O) groups is 2. The van der Waals surface area contributed by atoms with Crippen LogP contribution in [0, 0.1) is 0 Å². The summed E-state index contributed by atoms with van der Waals surface area (Å²) in [4.78, 5) is 31.1. The fourth-order valence-electron chi connectivity index (χ4n) is 1.80. The first-order valence-electron chi connectivity index (χ1n) is 6.71. The second-order valence-corrected chi connectivity index (χ2v) is 6.55. The van der Waals surface area contributed by atoms with Gasteiger partial charge in [0.25, 0.3) is 0 Å². The lowest BCUT2D eigenvalue weighted by atomic mass is 10.2. The van der Waals surface area contributed by atoms with Crippen LogP contribution in [0.1, 0.15) is 33.7 Å². The Hall–Kier alpha value is -2.23. The molecule has 23 heavy (non-hydrogen) atoms. The van der Waals surface area contributed by atoms with Crippen molar-refractivity contribution < 1.29 is 19.4 Å². The summed E-state index contributed by atoms with van der Waals surface area (Å²) in [6.07, 6.45) is 0.539. The van der Waals surface area contributed by atoms with Gasteiger partial charge in [0, 0.05) is 0 Å². The molecule has 2 aromatic heterocycles. The van der Waals surface area contributed by atoms with E-state index in [-0.39, 0.29) is 11.5 Å². The number of amides is 1. The summed E-state index contributed by atoms with van der Waals surface area (Å²) >= 11 is 3.24. The number of nitrogens with one attached hydrogen (secondary N) is 1. The van der Waals surface area contributed by atoms with E-state index in [0.717, 1.165) is 0 Å². The van der Waals surface area contributed by atoms with E-state index in [4.69, 9.17) is 9.84 Å². The zero-order valence-corrected chi connectivity index (χ0v) is 14.6. The van der Waals surface area contributed by atoms with Crippen LogP contribution in [0.4, 0.5) is 10.6 Å². The molecule has 1 unspecified atom stereocenters. The first-order valence-corrected chi connectivity index (χ1v) is 7.51. The first kappa shape index (κ1) is 17.1. The smallest absolute Gasteiger partial charge is 0.413 e. The third kappa shape index (κ3) is 3.76. The lowest BCUT2D eigenvalue weighted by molar-refractivity contribution is -0.140. The second kappa shape index (κ2) is 6.11. The maximum atomic E-state index is 11.9. The Morgan fingerprint density at radius 3 is 2.61 bits per heavy atom. The van der Waals surface area contributed by atoms with E-state index < -0.39 is 23.7 Å². The van der Waals surface area contributed by atoms with Gasteiger partial charge in [0.05, 0.1) is 5.39 Å². The number of carbonyl (C=O) groups excluding carboxylic acids is 1. The Kier molecular flexibility index (Phi) is 4.55. The molecule has 1 atom stereocenters. The molecule has 10 heteroatoms. The third-order valence-electron chi connectivity index (χ3n) is 2.79. The molecule has 0 spiro atoms. The quantitative estimate of drug-likeness (QED) is 0.832. The van der Waals surface area contributed by atoms with Crippen molar-refractivity contribution in [3.05, 3.63) is 10.9 Å². The second-order valence-electron chi connectivity index (χ2n) is 5.80. The molecular weight excluding hydrogens is 370 g/mol. The molecule has 2 rings (SSSR count). The molecule has 0 saturated carbocycles. The first-order chi connectivity index (χ1) is 10.6. The highest BCUT2D eigenvalue weighted by molar-refractivity contribution is 9.10. The number of hydrogen-bond donors (Lipinski definition) is 2. The highest BCUT2D eigenvalue weighted by Crippen LogP contribution is 2.29. The van der Waals surface area contributed by atoms with Crippen LogP contribution in [0.5, 0.6) is 0 Å². The van der Waals surface area contributed by atoms with Crippen LogP contribution in [0.2, 0.25) is 0 Å². The molecule has 9 nitrogen and oxygen atoms in total. The molecule has 0 bridgehead atoms. The van der Waals surface area contributed by atoms with E-state index >= 15 is 0 Å². The molecule has 0 radical (unpaired) electrons. The lowest BCUT2D eigenvalue weighted by Gasteiger charge is -2.19. The number of anilines is 1. The number of ether oxygens (including phenoxy) is 1. The fourth-order valence-corrected chi connectivity index (χ4v) is 2.34. The summed E-state index contributed by atoms with van der Waals surface area (Å²) in [5, 5.41) is 16.2. The van der Waals surface area contributed by atoms with Crippen molar-refractivity contribution in [1.82, 2.24) is 19.7 Å². The molecular formula is C13H16BrN5O4. The van der Waals surface area contributed by atoms with Crippen molar-refractivity contribution in [2.24, 2.45) is 0 Å². The van der Waals surface area contributed by atoms with Gasteiger partial charge >= 0.3 is 12.1 Å². The van der Waals surface area contributed by atoms with Gasteiger partial charge in [-0.3, -0.25) is 5.32 Å². The number of aromatic nitrogens is 4. The number of rotatable bonds is 3. The van der Waals surface area contributed by atoms with E-state index in [1.807, 2.05) is 0 Å². The molecule has 124 valence electrons. The Bertz CT molecular complexity index is 768. The number of hydrogen-bond acceptors (Lipinski definition) is 6. The number of nitrogens with zero attached hydrogens (tertiary/aromatic N) is 4. The summed E-state index contributed by atoms with van der Waals surface area (Å²) in [6.45, 7) is 6.70. The fraction of sp³-hybridized carbons (Fsp3) is 0.462. The van der Waals surface area contributed by atoms with E-state index in [2.05, 4.69) is 36.3 Å². The number of fused-ring (bicyclic) bond motifs is 1. The van der Waals surface area contributed by atoms with Crippen LogP contribution in [-0.2, 0) is 9.53 Å². The van der Waals surface area contributed by atoms with Crippen LogP contribution in [-0.4, -0.2) is 42.5 Å². The topological polar surface area (TPSA) is 119 Å². The normalized spacial score (nSPS) is 12.9. The summed E-state index contributed by atoms with van der Waals surface area (Å²) in [5.74, 6) is -0.873. The van der Waals surface area contributed by atoms with E-state index in [0.29, 0.717) is 9.99 Å². The predicted octanol–water partition coefficient (Wildman–Crippen LogP) is 2.58. The molecule has 2 heterocycles. The molecule has 1 amide bonds. The van der Waals surface area contributed by atoms with Crippen molar-refractivity contribution in [2.75, 3.05) is 5.32 Å². The summed E-state index contributed by atoms with van der Waals surface area (Å²) < 4.78 is 6.74. The van der Waals surface area contributed by atoms with Crippen molar-refractivity contribution >= 4 is 44.8 Å². The molecule has 0 aromatic carbocycles. The van der Waals surface area contributed by atoms with Crippen molar-refractivity contribution in [3.63, 3.8) is 0 Å². The molecule has 0 fully saturated rings. The van der Waals surface area contributed by atoms with Crippen molar-refractivity contribution in [2.45, 2.75) is 39.3 Å². The average Bonchev–Trinajstić information content (AvgIpc) is 2.74. The monoisotopic (exact) mass is 385 g/mol. The van der Waals surface area contributed by atoms with Crippen molar-refractivity contribution in [1.29, 1.82) is 0 Å². The highest BCUT2D eigenvalue weighted by atomic mass is 79.9. The van der Waals surface area contributed by atoms with Gasteiger partial charge in [-0.15, -0.1) is 0 Å². The Morgan fingerprint density at radius 1 is 1.39 bits per heavy atom. The average molecular weight is 386 g/mol. The SMILES string of the molecule is CC(C(=O)O)n1nc(Br)c2c(NC(=O)OC(C)(C)C)ncnc21. The standard InChI is InChI=1S/C13H16BrN5O4/c1-6(11(20)21)19-10-7(8(14)18-19)9(15-5-16-10)17-12(22)23-13(2,3)4/h5-6H,1-4H3,(H,20,21)(H,15,16,17,22). The third-order valence-corrected chi connectivity index (χ3v) is 3.34. The van der Waals surface area contributed by atoms with Crippen LogP contribution < -0.4 is 5.32 Å². The number of carboxylic acids is 1. The summed E-state index contributed by atoms with van der Waals surface area (Å²) in [6, 6.07) is -0.923. The molecule has 0 saturated heterocycles. The summed E-state index contributed by atoms with van der Waals surface area (Å²) in [7, 11) is 0. The number of carboxylic acid groups (broad SMARTS) is 1. The van der Waals surface area contributed by atoms with Crippen molar-refractivity contribution in [3.8, 4) is 0 Å².